The molecule has 1 aliphatic heterocycles. The summed E-state index contributed by atoms with van der Waals surface area (Å²) in [5.41, 5.74) is 1.64. The van der Waals surface area contributed by atoms with E-state index in [2.05, 4.69) is 10.3 Å². The van der Waals surface area contributed by atoms with Gasteiger partial charge in [0.1, 0.15) is 5.52 Å². The zero-order chi connectivity index (χ0) is 14.7. The molecule has 3 rings (SSSR count). The van der Waals surface area contributed by atoms with E-state index < -0.39 is 0 Å². The van der Waals surface area contributed by atoms with Crippen molar-refractivity contribution in [2.75, 3.05) is 39.8 Å². The number of amides is 1. The molecule has 1 aliphatic rings. The van der Waals surface area contributed by atoms with Gasteiger partial charge in [-0.25, -0.2) is 4.98 Å². The molecule has 1 saturated heterocycles. The van der Waals surface area contributed by atoms with E-state index >= 15 is 0 Å². The second kappa shape index (κ2) is 6.24. The second-order valence-electron chi connectivity index (χ2n) is 5.38. The summed E-state index contributed by atoms with van der Waals surface area (Å²) in [5.74, 6) is 0.807. The van der Waals surface area contributed by atoms with E-state index in [-0.39, 0.29) is 5.91 Å². The third-order valence-electron chi connectivity index (χ3n) is 3.62. The summed E-state index contributed by atoms with van der Waals surface area (Å²) in [7, 11) is 1.91. The number of rotatable bonds is 4. The predicted molar refractivity (Wildman–Crippen MR) is 79.8 cm³/mol. The molecule has 0 spiro atoms. The van der Waals surface area contributed by atoms with Crippen molar-refractivity contribution >= 4 is 17.0 Å². The number of hydrogen-bond donors (Lipinski definition) is 1. The van der Waals surface area contributed by atoms with Crippen LogP contribution in [0.4, 0.5) is 0 Å². The van der Waals surface area contributed by atoms with Crippen LogP contribution in [0, 0.1) is 0 Å². The fourth-order valence-corrected chi connectivity index (χ4v) is 2.52. The molecule has 112 valence electrons. The molecule has 0 atom stereocenters. The van der Waals surface area contributed by atoms with Crippen molar-refractivity contribution in [2.45, 2.75) is 6.54 Å². The van der Waals surface area contributed by atoms with E-state index in [0.29, 0.717) is 19.0 Å². The maximum absolute atomic E-state index is 12.2. The predicted octanol–water partition coefficient (Wildman–Crippen LogP) is 0.691. The van der Waals surface area contributed by atoms with Crippen LogP contribution in [0.1, 0.15) is 5.89 Å². The SMILES string of the molecule is CN(CC(=O)N1CCNCC1)Cc1nc2ccccc2o1. The number of benzene rings is 1. The van der Waals surface area contributed by atoms with Gasteiger partial charge in [-0.1, -0.05) is 12.1 Å². The summed E-state index contributed by atoms with van der Waals surface area (Å²) >= 11 is 0. The lowest BCUT2D eigenvalue weighted by atomic mass is 10.3. The van der Waals surface area contributed by atoms with Crippen molar-refractivity contribution in [3.63, 3.8) is 0 Å². The van der Waals surface area contributed by atoms with Crippen molar-refractivity contribution in [1.82, 2.24) is 20.1 Å². The summed E-state index contributed by atoms with van der Waals surface area (Å²) in [6.45, 7) is 4.25. The third-order valence-corrected chi connectivity index (χ3v) is 3.62. The zero-order valence-corrected chi connectivity index (χ0v) is 12.2. The third kappa shape index (κ3) is 3.40. The molecule has 0 bridgehead atoms. The molecule has 0 radical (unpaired) electrons. The highest BCUT2D eigenvalue weighted by molar-refractivity contribution is 5.78. The van der Waals surface area contributed by atoms with Crippen molar-refractivity contribution in [3.8, 4) is 0 Å². The average molecular weight is 288 g/mol. The number of fused-ring (bicyclic) bond motifs is 1. The van der Waals surface area contributed by atoms with Gasteiger partial charge in [0.25, 0.3) is 0 Å². The number of likely N-dealkylation sites (N-methyl/N-ethyl adjacent to an activating group) is 1. The Morgan fingerprint density at radius 2 is 2.14 bits per heavy atom. The number of aromatic nitrogens is 1. The van der Waals surface area contributed by atoms with Crippen LogP contribution < -0.4 is 5.32 Å². The molecular weight excluding hydrogens is 268 g/mol. The number of carbonyl (C=O) groups excluding carboxylic acids is 1. The van der Waals surface area contributed by atoms with Crippen molar-refractivity contribution < 1.29 is 9.21 Å². The van der Waals surface area contributed by atoms with Crippen LogP contribution in [-0.4, -0.2) is 60.5 Å². The van der Waals surface area contributed by atoms with Crippen molar-refractivity contribution in [1.29, 1.82) is 0 Å². The molecule has 1 N–H and O–H groups in total. The van der Waals surface area contributed by atoms with Gasteiger partial charge in [0, 0.05) is 26.2 Å². The van der Waals surface area contributed by atoms with Crippen LogP contribution in [0.3, 0.4) is 0 Å². The maximum Gasteiger partial charge on any atom is 0.236 e. The number of para-hydroxylation sites is 2. The number of piperazine rings is 1. The Morgan fingerprint density at radius 1 is 1.38 bits per heavy atom. The molecule has 6 nitrogen and oxygen atoms in total. The molecule has 1 aromatic heterocycles. The lowest BCUT2D eigenvalue weighted by molar-refractivity contribution is -0.132. The van der Waals surface area contributed by atoms with E-state index in [4.69, 9.17) is 4.42 Å². The van der Waals surface area contributed by atoms with E-state index in [1.54, 1.807) is 0 Å². The Hall–Kier alpha value is -1.92. The minimum atomic E-state index is 0.162. The Kier molecular flexibility index (Phi) is 4.17. The second-order valence-corrected chi connectivity index (χ2v) is 5.38. The van der Waals surface area contributed by atoms with Gasteiger partial charge in [0.2, 0.25) is 11.8 Å². The molecule has 2 heterocycles. The van der Waals surface area contributed by atoms with Gasteiger partial charge >= 0.3 is 0 Å². The van der Waals surface area contributed by atoms with Crippen LogP contribution in [0.2, 0.25) is 0 Å². The fourth-order valence-electron chi connectivity index (χ4n) is 2.52. The minimum absolute atomic E-state index is 0.162. The molecule has 21 heavy (non-hydrogen) atoms. The highest BCUT2D eigenvalue weighted by Gasteiger charge is 2.18. The van der Waals surface area contributed by atoms with Gasteiger partial charge < -0.3 is 14.6 Å². The smallest absolute Gasteiger partial charge is 0.236 e. The average Bonchev–Trinajstić information content (AvgIpc) is 2.90. The van der Waals surface area contributed by atoms with E-state index in [1.807, 2.05) is 41.1 Å². The number of carbonyl (C=O) groups is 1. The summed E-state index contributed by atoms with van der Waals surface area (Å²) in [5, 5.41) is 3.25. The lowest BCUT2D eigenvalue weighted by Gasteiger charge is -2.29. The topological polar surface area (TPSA) is 61.6 Å². The monoisotopic (exact) mass is 288 g/mol. The highest BCUT2D eigenvalue weighted by atomic mass is 16.3. The molecule has 0 unspecified atom stereocenters. The van der Waals surface area contributed by atoms with Gasteiger partial charge in [0.15, 0.2) is 5.58 Å². The summed E-state index contributed by atoms with van der Waals surface area (Å²) in [6.07, 6.45) is 0. The molecular formula is C15H20N4O2. The Balaban J connectivity index is 1.57. The largest absolute Gasteiger partial charge is 0.439 e. The molecule has 2 aromatic rings. The first-order chi connectivity index (χ1) is 10.2. The van der Waals surface area contributed by atoms with E-state index in [1.165, 1.54) is 0 Å². The summed E-state index contributed by atoms with van der Waals surface area (Å²) in [4.78, 5) is 20.4. The molecule has 1 amide bonds. The first kappa shape index (κ1) is 14.0. The Morgan fingerprint density at radius 3 is 2.90 bits per heavy atom. The Bertz CT molecular complexity index is 586. The maximum atomic E-state index is 12.2. The minimum Gasteiger partial charge on any atom is -0.439 e. The van der Waals surface area contributed by atoms with Crippen LogP contribution >= 0.6 is 0 Å². The number of hydrogen-bond acceptors (Lipinski definition) is 5. The van der Waals surface area contributed by atoms with Crippen LogP contribution in [0.15, 0.2) is 28.7 Å². The van der Waals surface area contributed by atoms with Crippen molar-refractivity contribution in [2.24, 2.45) is 0 Å². The van der Waals surface area contributed by atoms with Crippen molar-refractivity contribution in [3.05, 3.63) is 30.2 Å². The molecule has 1 aromatic carbocycles. The molecule has 0 aliphatic carbocycles. The van der Waals surface area contributed by atoms with Crippen LogP contribution in [0.5, 0.6) is 0 Å². The number of nitrogens with zero attached hydrogens (tertiary/aromatic N) is 3. The van der Waals surface area contributed by atoms with Crippen LogP contribution in [-0.2, 0) is 11.3 Å². The number of nitrogens with one attached hydrogen (secondary N) is 1. The number of oxazole rings is 1. The molecule has 0 saturated carbocycles. The van der Waals surface area contributed by atoms with Crippen LogP contribution in [0.25, 0.3) is 11.1 Å². The van der Waals surface area contributed by atoms with Gasteiger partial charge in [-0.15, -0.1) is 0 Å². The quantitative estimate of drug-likeness (QED) is 0.897. The van der Waals surface area contributed by atoms with E-state index in [0.717, 1.165) is 37.3 Å². The first-order valence-corrected chi connectivity index (χ1v) is 7.24. The van der Waals surface area contributed by atoms with Gasteiger partial charge in [-0.05, 0) is 19.2 Å². The lowest BCUT2D eigenvalue weighted by Crippen LogP contribution is -2.49. The van der Waals surface area contributed by atoms with Gasteiger partial charge in [0.05, 0.1) is 13.1 Å². The highest BCUT2D eigenvalue weighted by Crippen LogP contribution is 2.15. The molecule has 6 heteroatoms. The normalized spacial score (nSPS) is 15.8. The van der Waals surface area contributed by atoms with Gasteiger partial charge in [-0.2, -0.15) is 0 Å². The first-order valence-electron chi connectivity index (χ1n) is 7.24. The fraction of sp³-hybridized carbons (Fsp3) is 0.467. The van der Waals surface area contributed by atoms with Gasteiger partial charge in [-0.3, -0.25) is 9.69 Å². The summed E-state index contributed by atoms with van der Waals surface area (Å²) < 4.78 is 5.68. The summed E-state index contributed by atoms with van der Waals surface area (Å²) in [6, 6.07) is 7.69. The molecule has 1 fully saturated rings. The standard InChI is InChI=1S/C15H20N4O2/c1-18(11-15(20)19-8-6-16-7-9-19)10-14-17-12-4-2-3-5-13(12)21-14/h2-5,16H,6-11H2,1H3. The van der Waals surface area contributed by atoms with E-state index in [9.17, 15) is 4.79 Å². The zero-order valence-electron chi connectivity index (χ0n) is 12.2. The Labute approximate surface area is 123 Å².